The summed E-state index contributed by atoms with van der Waals surface area (Å²) in [5, 5.41) is 3.34. The average Bonchev–Trinajstić information content (AvgIpc) is 2.58. The van der Waals surface area contributed by atoms with E-state index in [1.54, 1.807) is 7.11 Å². The Morgan fingerprint density at radius 2 is 1.93 bits per heavy atom. The van der Waals surface area contributed by atoms with Gasteiger partial charge in [-0.3, -0.25) is 10.3 Å². The normalized spacial score (nSPS) is 18.7. The van der Waals surface area contributed by atoms with E-state index in [4.69, 9.17) is 4.74 Å². The monoisotopic (exact) mass is 204 g/mol. The van der Waals surface area contributed by atoms with E-state index in [0.29, 0.717) is 6.67 Å². The first kappa shape index (κ1) is 10.2. The third-order valence-electron chi connectivity index (χ3n) is 2.71. The predicted octanol–water partition coefficient (Wildman–Crippen LogP) is 1.82. The van der Waals surface area contributed by atoms with E-state index in [1.165, 1.54) is 0 Å². The highest BCUT2D eigenvalue weighted by Crippen LogP contribution is 2.20. The smallest absolute Gasteiger partial charge is 0.118 e. The summed E-state index contributed by atoms with van der Waals surface area (Å²) in [6.45, 7) is 4.99. The maximum atomic E-state index is 5.13. The molecule has 0 radical (unpaired) electrons. The van der Waals surface area contributed by atoms with E-state index in [1.807, 2.05) is 24.3 Å². The second kappa shape index (κ2) is 3.66. The third-order valence-corrected chi connectivity index (χ3v) is 2.71. The molecule has 0 aromatic heterocycles. The summed E-state index contributed by atoms with van der Waals surface area (Å²) in [6.07, 6.45) is 0. The van der Waals surface area contributed by atoms with Gasteiger partial charge in [0, 0.05) is 0 Å². The van der Waals surface area contributed by atoms with Gasteiger partial charge in [-0.1, -0.05) is 0 Å². The summed E-state index contributed by atoms with van der Waals surface area (Å²) in [5.41, 5.74) is 2.24. The van der Waals surface area contributed by atoms with Crippen LogP contribution in [0.5, 0.6) is 5.75 Å². The van der Waals surface area contributed by atoms with Crippen LogP contribution in [0.4, 0.5) is 0 Å². The second-order valence-corrected chi connectivity index (χ2v) is 4.20. The quantitative estimate of drug-likeness (QED) is 0.797. The summed E-state index contributed by atoms with van der Waals surface area (Å²) in [6, 6.07) is 8.03. The topological polar surface area (TPSA) is 33.6 Å². The molecule has 1 N–H and O–H groups in total. The zero-order chi connectivity index (χ0) is 10.9. The number of hydrogen-bond donors (Lipinski definition) is 1. The SMILES string of the molecule is COc1ccc(C2=NCNC2(C)C)cc1. The Morgan fingerprint density at radius 1 is 1.27 bits per heavy atom. The summed E-state index contributed by atoms with van der Waals surface area (Å²) < 4.78 is 5.13. The lowest BCUT2D eigenvalue weighted by atomic mass is 9.93. The van der Waals surface area contributed by atoms with Crippen LogP contribution in [0.1, 0.15) is 19.4 Å². The third kappa shape index (κ3) is 1.88. The predicted molar refractivity (Wildman–Crippen MR) is 61.6 cm³/mol. The van der Waals surface area contributed by atoms with Gasteiger partial charge in [0.1, 0.15) is 5.75 Å². The number of aliphatic imine (C=N–C) groups is 1. The molecule has 1 heterocycles. The second-order valence-electron chi connectivity index (χ2n) is 4.20. The molecule has 0 saturated heterocycles. The number of hydrogen-bond acceptors (Lipinski definition) is 3. The molecule has 0 saturated carbocycles. The summed E-state index contributed by atoms with van der Waals surface area (Å²) in [4.78, 5) is 4.48. The van der Waals surface area contributed by atoms with Crippen LogP contribution in [-0.2, 0) is 0 Å². The van der Waals surface area contributed by atoms with Crippen LogP contribution in [0.15, 0.2) is 29.3 Å². The minimum absolute atomic E-state index is 0.0331. The van der Waals surface area contributed by atoms with Crippen molar-refractivity contribution in [3.63, 3.8) is 0 Å². The Kier molecular flexibility index (Phi) is 2.49. The van der Waals surface area contributed by atoms with Gasteiger partial charge in [0.05, 0.1) is 25.0 Å². The van der Waals surface area contributed by atoms with Gasteiger partial charge in [-0.25, -0.2) is 0 Å². The molecule has 15 heavy (non-hydrogen) atoms. The first-order valence-corrected chi connectivity index (χ1v) is 5.08. The summed E-state index contributed by atoms with van der Waals surface area (Å²) >= 11 is 0. The number of nitrogens with one attached hydrogen (secondary N) is 1. The molecule has 0 fully saturated rings. The van der Waals surface area contributed by atoms with Crippen molar-refractivity contribution in [1.82, 2.24) is 5.32 Å². The zero-order valence-corrected chi connectivity index (χ0v) is 9.37. The van der Waals surface area contributed by atoms with Crippen LogP contribution >= 0.6 is 0 Å². The van der Waals surface area contributed by atoms with Crippen molar-refractivity contribution in [3.8, 4) is 5.75 Å². The molecule has 1 aliphatic heterocycles. The first-order chi connectivity index (χ1) is 7.13. The Labute approximate surface area is 90.2 Å². The highest BCUT2D eigenvalue weighted by Gasteiger charge is 2.29. The average molecular weight is 204 g/mol. The lowest BCUT2D eigenvalue weighted by molar-refractivity contribution is 0.415. The Balaban J connectivity index is 2.30. The van der Waals surface area contributed by atoms with Gasteiger partial charge >= 0.3 is 0 Å². The first-order valence-electron chi connectivity index (χ1n) is 5.08. The van der Waals surface area contributed by atoms with Crippen LogP contribution < -0.4 is 10.1 Å². The minimum Gasteiger partial charge on any atom is -0.497 e. The van der Waals surface area contributed by atoms with Crippen molar-refractivity contribution in [2.75, 3.05) is 13.8 Å². The number of methoxy groups -OCH3 is 1. The summed E-state index contributed by atoms with van der Waals surface area (Å²) in [5.74, 6) is 0.878. The molecule has 0 bridgehead atoms. The molecule has 3 heteroatoms. The molecule has 1 aromatic carbocycles. The van der Waals surface area contributed by atoms with Crippen LogP contribution in [0.25, 0.3) is 0 Å². The number of benzene rings is 1. The van der Waals surface area contributed by atoms with Crippen molar-refractivity contribution in [2.24, 2.45) is 4.99 Å². The van der Waals surface area contributed by atoms with E-state index in [2.05, 4.69) is 24.2 Å². The summed E-state index contributed by atoms with van der Waals surface area (Å²) in [7, 11) is 1.67. The number of ether oxygens (including phenoxy) is 1. The molecule has 3 nitrogen and oxygen atoms in total. The van der Waals surface area contributed by atoms with Gasteiger partial charge in [0.25, 0.3) is 0 Å². The zero-order valence-electron chi connectivity index (χ0n) is 9.37. The van der Waals surface area contributed by atoms with E-state index >= 15 is 0 Å². The molecule has 0 atom stereocenters. The molecule has 1 aromatic rings. The Morgan fingerprint density at radius 3 is 2.40 bits per heavy atom. The van der Waals surface area contributed by atoms with Crippen LogP contribution in [0.2, 0.25) is 0 Å². The standard InChI is InChI=1S/C12H16N2O/c1-12(2)11(13-8-14-12)9-4-6-10(15-3)7-5-9/h4-7,14H,8H2,1-3H3. The maximum absolute atomic E-state index is 5.13. The molecular formula is C12H16N2O. The molecule has 80 valence electrons. The van der Waals surface area contributed by atoms with E-state index in [0.717, 1.165) is 17.0 Å². The maximum Gasteiger partial charge on any atom is 0.118 e. The van der Waals surface area contributed by atoms with Crippen molar-refractivity contribution in [3.05, 3.63) is 29.8 Å². The largest absolute Gasteiger partial charge is 0.497 e. The fourth-order valence-electron chi connectivity index (χ4n) is 1.80. The highest BCUT2D eigenvalue weighted by atomic mass is 16.5. The number of rotatable bonds is 2. The van der Waals surface area contributed by atoms with Gasteiger partial charge in [-0.2, -0.15) is 0 Å². The van der Waals surface area contributed by atoms with E-state index < -0.39 is 0 Å². The lowest BCUT2D eigenvalue weighted by Gasteiger charge is -2.21. The van der Waals surface area contributed by atoms with Crippen LogP contribution in [-0.4, -0.2) is 25.0 Å². The minimum atomic E-state index is -0.0331. The Bertz CT molecular complexity index is 379. The molecule has 1 aliphatic rings. The molecule has 0 spiro atoms. The van der Waals surface area contributed by atoms with Crippen molar-refractivity contribution >= 4 is 5.71 Å². The fourth-order valence-corrected chi connectivity index (χ4v) is 1.80. The fraction of sp³-hybridized carbons (Fsp3) is 0.417. The molecule has 2 rings (SSSR count). The van der Waals surface area contributed by atoms with Crippen LogP contribution in [0.3, 0.4) is 0 Å². The van der Waals surface area contributed by atoms with Crippen molar-refractivity contribution in [2.45, 2.75) is 19.4 Å². The molecule has 0 unspecified atom stereocenters. The van der Waals surface area contributed by atoms with E-state index in [9.17, 15) is 0 Å². The lowest BCUT2D eigenvalue weighted by Crippen LogP contribution is -2.41. The van der Waals surface area contributed by atoms with Gasteiger partial charge in [0.2, 0.25) is 0 Å². The van der Waals surface area contributed by atoms with Crippen LogP contribution in [0, 0.1) is 0 Å². The van der Waals surface area contributed by atoms with Gasteiger partial charge in [-0.05, 0) is 43.7 Å². The molecule has 0 aliphatic carbocycles. The van der Waals surface area contributed by atoms with Crippen molar-refractivity contribution < 1.29 is 4.74 Å². The molecular weight excluding hydrogens is 188 g/mol. The highest BCUT2D eigenvalue weighted by molar-refractivity contribution is 6.07. The van der Waals surface area contributed by atoms with E-state index in [-0.39, 0.29) is 5.54 Å². The number of nitrogens with zero attached hydrogens (tertiary/aromatic N) is 1. The molecule has 0 amide bonds. The van der Waals surface area contributed by atoms with Crippen molar-refractivity contribution in [1.29, 1.82) is 0 Å². The Hall–Kier alpha value is -1.35. The van der Waals surface area contributed by atoms with Gasteiger partial charge in [-0.15, -0.1) is 0 Å². The van der Waals surface area contributed by atoms with Gasteiger partial charge in [0.15, 0.2) is 0 Å². The van der Waals surface area contributed by atoms with Gasteiger partial charge < -0.3 is 4.74 Å².